The second-order valence-corrected chi connectivity index (χ2v) is 5.25. The van der Waals surface area contributed by atoms with E-state index >= 15 is 0 Å². The van der Waals surface area contributed by atoms with Gasteiger partial charge in [-0.3, -0.25) is 4.79 Å². The highest BCUT2D eigenvalue weighted by molar-refractivity contribution is 8.00. The van der Waals surface area contributed by atoms with Crippen LogP contribution in [0.3, 0.4) is 0 Å². The van der Waals surface area contributed by atoms with E-state index in [-0.39, 0.29) is 17.8 Å². The summed E-state index contributed by atoms with van der Waals surface area (Å²) in [5.41, 5.74) is 0. The maximum atomic E-state index is 12.9. The number of carbonyl (C=O) groups is 1. The first kappa shape index (κ1) is 15.9. The lowest BCUT2D eigenvalue weighted by Crippen LogP contribution is -2.26. The lowest BCUT2D eigenvalue weighted by atomic mass is 10.2. The van der Waals surface area contributed by atoms with Gasteiger partial charge in [-0.2, -0.15) is 0 Å². The number of nitrogens with one attached hydrogen (secondary N) is 1. The average Bonchev–Trinajstić information content (AvgIpc) is 2.36. The molecule has 2 N–H and O–H groups in total. The summed E-state index contributed by atoms with van der Waals surface area (Å²) in [5.74, 6) is -1.82. The molecule has 0 aromatic heterocycles. The standard InChI is InChI=1S/C13H17F2NO2S/c1-9(17)3-2-6-16-13(18)8-19-10-4-5-11(14)12(15)7-10/h4-5,7,9,17H,2-3,6,8H2,1H3,(H,16,18). The summed E-state index contributed by atoms with van der Waals surface area (Å²) in [6, 6.07) is 3.54. The molecule has 1 amide bonds. The van der Waals surface area contributed by atoms with Crippen LogP contribution in [0.4, 0.5) is 8.78 Å². The van der Waals surface area contributed by atoms with Gasteiger partial charge in [-0.05, 0) is 38.0 Å². The van der Waals surface area contributed by atoms with Gasteiger partial charge in [-0.1, -0.05) is 0 Å². The largest absolute Gasteiger partial charge is 0.393 e. The second kappa shape index (κ2) is 8.12. The minimum atomic E-state index is -0.914. The Balaban J connectivity index is 2.24. The van der Waals surface area contributed by atoms with Crippen LogP contribution >= 0.6 is 11.8 Å². The van der Waals surface area contributed by atoms with Crippen LogP contribution in [-0.2, 0) is 4.79 Å². The maximum absolute atomic E-state index is 12.9. The van der Waals surface area contributed by atoms with Crippen molar-refractivity contribution in [2.45, 2.75) is 30.8 Å². The van der Waals surface area contributed by atoms with E-state index in [0.29, 0.717) is 24.3 Å². The molecule has 0 spiro atoms. The van der Waals surface area contributed by atoms with Crippen molar-refractivity contribution in [3.8, 4) is 0 Å². The predicted molar refractivity (Wildman–Crippen MR) is 71.0 cm³/mol. The molecule has 1 rings (SSSR count). The van der Waals surface area contributed by atoms with Crippen molar-refractivity contribution in [3.63, 3.8) is 0 Å². The molecule has 0 aliphatic heterocycles. The van der Waals surface area contributed by atoms with E-state index in [2.05, 4.69) is 5.32 Å². The fraction of sp³-hybridized carbons (Fsp3) is 0.462. The third-order valence-corrected chi connectivity index (χ3v) is 3.38. The summed E-state index contributed by atoms with van der Waals surface area (Å²) in [6.45, 7) is 2.20. The van der Waals surface area contributed by atoms with E-state index in [1.807, 2.05) is 0 Å². The van der Waals surface area contributed by atoms with Crippen molar-refractivity contribution in [2.24, 2.45) is 0 Å². The zero-order valence-corrected chi connectivity index (χ0v) is 11.5. The summed E-state index contributed by atoms with van der Waals surface area (Å²) in [4.78, 5) is 12.0. The van der Waals surface area contributed by atoms with E-state index in [0.717, 1.165) is 23.9 Å². The fourth-order valence-electron chi connectivity index (χ4n) is 1.39. The van der Waals surface area contributed by atoms with E-state index in [1.54, 1.807) is 6.92 Å². The highest BCUT2D eigenvalue weighted by atomic mass is 32.2. The Labute approximate surface area is 115 Å². The number of aliphatic hydroxyl groups excluding tert-OH is 1. The second-order valence-electron chi connectivity index (χ2n) is 4.21. The zero-order chi connectivity index (χ0) is 14.3. The van der Waals surface area contributed by atoms with Gasteiger partial charge in [-0.25, -0.2) is 8.78 Å². The Kier molecular flexibility index (Phi) is 6.80. The number of halogens is 2. The molecule has 6 heteroatoms. The first-order valence-electron chi connectivity index (χ1n) is 6.01. The monoisotopic (exact) mass is 289 g/mol. The van der Waals surface area contributed by atoms with Gasteiger partial charge in [0.05, 0.1) is 11.9 Å². The molecular formula is C13H17F2NO2S. The van der Waals surface area contributed by atoms with E-state index in [4.69, 9.17) is 5.11 Å². The topological polar surface area (TPSA) is 49.3 Å². The Morgan fingerprint density at radius 2 is 2.16 bits per heavy atom. The molecule has 0 fully saturated rings. The maximum Gasteiger partial charge on any atom is 0.230 e. The van der Waals surface area contributed by atoms with Crippen LogP contribution in [-0.4, -0.2) is 29.4 Å². The lowest BCUT2D eigenvalue weighted by molar-refractivity contribution is -0.118. The van der Waals surface area contributed by atoms with Crippen molar-refractivity contribution < 1.29 is 18.7 Å². The molecule has 0 radical (unpaired) electrons. The Bertz CT molecular complexity index is 427. The van der Waals surface area contributed by atoms with Crippen molar-refractivity contribution >= 4 is 17.7 Å². The number of aliphatic hydroxyl groups is 1. The quantitative estimate of drug-likeness (QED) is 0.598. The number of carbonyl (C=O) groups excluding carboxylic acids is 1. The predicted octanol–water partition coefficient (Wildman–Crippen LogP) is 2.33. The number of hydrogen-bond donors (Lipinski definition) is 2. The SMILES string of the molecule is CC(O)CCCNC(=O)CSc1ccc(F)c(F)c1. The van der Waals surface area contributed by atoms with Crippen molar-refractivity contribution in [2.75, 3.05) is 12.3 Å². The molecule has 0 heterocycles. The van der Waals surface area contributed by atoms with Crippen LogP contribution in [0, 0.1) is 11.6 Å². The smallest absolute Gasteiger partial charge is 0.230 e. The van der Waals surface area contributed by atoms with Gasteiger partial charge >= 0.3 is 0 Å². The van der Waals surface area contributed by atoms with Crippen LogP contribution in [0.1, 0.15) is 19.8 Å². The van der Waals surface area contributed by atoms with Crippen LogP contribution in [0.15, 0.2) is 23.1 Å². The summed E-state index contributed by atoms with van der Waals surface area (Å²) in [7, 11) is 0. The van der Waals surface area contributed by atoms with E-state index < -0.39 is 11.6 Å². The lowest BCUT2D eigenvalue weighted by Gasteiger charge is -2.06. The summed E-state index contributed by atoms with van der Waals surface area (Å²) in [5, 5.41) is 11.7. The normalized spacial score (nSPS) is 12.2. The Morgan fingerprint density at radius 3 is 2.79 bits per heavy atom. The molecule has 0 saturated carbocycles. The molecule has 0 bridgehead atoms. The summed E-state index contributed by atoms with van der Waals surface area (Å²) in [6.07, 6.45) is 0.976. The Hall–Kier alpha value is -1.14. The number of thioether (sulfide) groups is 1. The van der Waals surface area contributed by atoms with Gasteiger partial charge in [0, 0.05) is 11.4 Å². The molecule has 1 aromatic carbocycles. The van der Waals surface area contributed by atoms with Gasteiger partial charge in [0.25, 0.3) is 0 Å². The fourth-order valence-corrected chi connectivity index (χ4v) is 2.14. The highest BCUT2D eigenvalue weighted by Crippen LogP contribution is 2.19. The molecule has 0 aliphatic rings. The van der Waals surface area contributed by atoms with Crippen molar-refractivity contribution in [1.82, 2.24) is 5.32 Å². The van der Waals surface area contributed by atoms with Crippen molar-refractivity contribution in [1.29, 1.82) is 0 Å². The first-order valence-corrected chi connectivity index (χ1v) is 7.00. The molecule has 19 heavy (non-hydrogen) atoms. The van der Waals surface area contributed by atoms with Crippen LogP contribution in [0.5, 0.6) is 0 Å². The van der Waals surface area contributed by atoms with Gasteiger partial charge in [0.2, 0.25) is 5.91 Å². The van der Waals surface area contributed by atoms with Crippen molar-refractivity contribution in [3.05, 3.63) is 29.8 Å². The molecule has 0 saturated heterocycles. The van der Waals surface area contributed by atoms with Crippen LogP contribution in [0.25, 0.3) is 0 Å². The number of rotatable bonds is 7. The third-order valence-electron chi connectivity index (χ3n) is 2.38. The third kappa shape index (κ3) is 6.54. The van der Waals surface area contributed by atoms with Gasteiger partial charge in [0.1, 0.15) is 0 Å². The molecule has 0 aliphatic carbocycles. The summed E-state index contributed by atoms with van der Waals surface area (Å²) >= 11 is 1.15. The Morgan fingerprint density at radius 1 is 1.42 bits per heavy atom. The van der Waals surface area contributed by atoms with E-state index in [1.165, 1.54) is 6.07 Å². The van der Waals surface area contributed by atoms with Crippen LogP contribution < -0.4 is 5.32 Å². The number of amides is 1. The zero-order valence-electron chi connectivity index (χ0n) is 10.7. The number of benzene rings is 1. The average molecular weight is 289 g/mol. The molecule has 1 aromatic rings. The molecule has 106 valence electrons. The highest BCUT2D eigenvalue weighted by Gasteiger charge is 2.06. The van der Waals surface area contributed by atoms with Gasteiger partial charge in [-0.15, -0.1) is 11.8 Å². The van der Waals surface area contributed by atoms with Gasteiger partial charge < -0.3 is 10.4 Å². The van der Waals surface area contributed by atoms with Crippen LogP contribution in [0.2, 0.25) is 0 Å². The first-order chi connectivity index (χ1) is 8.99. The molecule has 1 unspecified atom stereocenters. The molecule has 3 nitrogen and oxygen atoms in total. The number of hydrogen-bond acceptors (Lipinski definition) is 3. The minimum Gasteiger partial charge on any atom is -0.393 e. The summed E-state index contributed by atoms with van der Waals surface area (Å²) < 4.78 is 25.6. The van der Waals surface area contributed by atoms with E-state index in [9.17, 15) is 13.6 Å². The molecule has 1 atom stereocenters. The minimum absolute atomic E-state index is 0.153. The molecular weight excluding hydrogens is 272 g/mol. The van der Waals surface area contributed by atoms with Gasteiger partial charge in [0.15, 0.2) is 11.6 Å².